The maximum absolute atomic E-state index is 14.0. The summed E-state index contributed by atoms with van der Waals surface area (Å²) in [6.07, 6.45) is 3.08. The smallest absolute Gasteiger partial charge is 0.256 e. The van der Waals surface area contributed by atoms with Crippen LogP contribution in [0.15, 0.2) is 6.33 Å². The third-order valence-electron chi connectivity index (χ3n) is 2.54. The van der Waals surface area contributed by atoms with Crippen molar-refractivity contribution in [2.45, 2.75) is 39.7 Å². The SMILES string of the molecule is CC#CCOc1ncnc(NC(CC)CC)c1F. The zero-order valence-electron chi connectivity index (χ0n) is 11.0. The minimum atomic E-state index is -0.567. The van der Waals surface area contributed by atoms with Gasteiger partial charge in [-0.25, -0.2) is 4.98 Å². The molecule has 0 spiro atoms. The van der Waals surface area contributed by atoms with Crippen LogP contribution in [0.4, 0.5) is 10.2 Å². The van der Waals surface area contributed by atoms with E-state index < -0.39 is 5.82 Å². The summed E-state index contributed by atoms with van der Waals surface area (Å²) in [6.45, 7) is 5.89. The fourth-order valence-corrected chi connectivity index (χ4v) is 1.42. The van der Waals surface area contributed by atoms with Gasteiger partial charge in [0.1, 0.15) is 6.33 Å². The second-order valence-electron chi connectivity index (χ2n) is 3.71. The van der Waals surface area contributed by atoms with E-state index in [0.29, 0.717) is 0 Å². The summed E-state index contributed by atoms with van der Waals surface area (Å²) in [7, 11) is 0. The molecule has 18 heavy (non-hydrogen) atoms. The van der Waals surface area contributed by atoms with Crippen LogP contribution in [0.2, 0.25) is 0 Å². The number of halogens is 1. The van der Waals surface area contributed by atoms with Crippen LogP contribution in [-0.2, 0) is 0 Å². The molecule has 0 aliphatic carbocycles. The number of hydrogen-bond donors (Lipinski definition) is 1. The Morgan fingerprint density at radius 2 is 2.11 bits per heavy atom. The lowest BCUT2D eigenvalue weighted by Gasteiger charge is -2.16. The Kier molecular flexibility index (Phi) is 5.92. The molecule has 0 amide bonds. The highest BCUT2D eigenvalue weighted by molar-refractivity contribution is 5.40. The molecule has 1 rings (SSSR count). The molecule has 1 heterocycles. The Balaban J connectivity index is 2.79. The zero-order chi connectivity index (χ0) is 13.4. The minimum absolute atomic E-state index is 0.0683. The topological polar surface area (TPSA) is 47.0 Å². The molecule has 0 aliphatic rings. The molecule has 4 nitrogen and oxygen atoms in total. The fraction of sp³-hybridized carbons (Fsp3) is 0.538. The summed E-state index contributed by atoms with van der Waals surface area (Å²) in [5.74, 6) is 4.90. The number of nitrogens with one attached hydrogen (secondary N) is 1. The highest BCUT2D eigenvalue weighted by atomic mass is 19.1. The molecule has 1 aromatic rings. The lowest BCUT2D eigenvalue weighted by Crippen LogP contribution is -2.19. The van der Waals surface area contributed by atoms with Gasteiger partial charge in [0.15, 0.2) is 12.4 Å². The van der Waals surface area contributed by atoms with Gasteiger partial charge in [0.2, 0.25) is 5.82 Å². The van der Waals surface area contributed by atoms with Crippen molar-refractivity contribution >= 4 is 5.82 Å². The molecule has 98 valence electrons. The van der Waals surface area contributed by atoms with E-state index in [1.54, 1.807) is 6.92 Å². The average Bonchev–Trinajstić information content (AvgIpc) is 2.39. The molecule has 0 unspecified atom stereocenters. The monoisotopic (exact) mass is 251 g/mol. The molecule has 0 fully saturated rings. The van der Waals surface area contributed by atoms with Crippen molar-refractivity contribution in [2.24, 2.45) is 0 Å². The lowest BCUT2D eigenvalue weighted by molar-refractivity contribution is 0.331. The van der Waals surface area contributed by atoms with Crippen LogP contribution in [0, 0.1) is 17.7 Å². The van der Waals surface area contributed by atoms with Crippen molar-refractivity contribution in [1.82, 2.24) is 9.97 Å². The van der Waals surface area contributed by atoms with Crippen molar-refractivity contribution in [3.8, 4) is 17.7 Å². The molecule has 5 heteroatoms. The van der Waals surface area contributed by atoms with Crippen molar-refractivity contribution < 1.29 is 9.13 Å². The predicted octanol–water partition coefficient (Wildman–Crippen LogP) is 2.62. The van der Waals surface area contributed by atoms with E-state index in [2.05, 4.69) is 27.1 Å². The van der Waals surface area contributed by atoms with E-state index in [4.69, 9.17) is 4.74 Å². The Hall–Kier alpha value is -1.83. The molecule has 0 aliphatic heterocycles. The summed E-state index contributed by atoms with van der Waals surface area (Å²) in [5, 5.41) is 3.04. The summed E-state index contributed by atoms with van der Waals surface area (Å²) in [6, 6.07) is 0.192. The van der Waals surface area contributed by atoms with E-state index in [0.717, 1.165) is 12.8 Å². The molecule has 0 radical (unpaired) electrons. The molecule has 0 aromatic carbocycles. The molecule has 0 saturated carbocycles. The normalized spacial score (nSPS) is 9.83. The molecule has 1 aromatic heterocycles. The number of ether oxygens (including phenoxy) is 1. The first-order valence-corrected chi connectivity index (χ1v) is 6.02. The number of nitrogens with zero attached hydrogens (tertiary/aromatic N) is 2. The molecule has 0 saturated heterocycles. The summed E-state index contributed by atoms with van der Waals surface area (Å²) in [5.41, 5.74) is 0. The van der Waals surface area contributed by atoms with Gasteiger partial charge in [-0.1, -0.05) is 19.8 Å². The van der Waals surface area contributed by atoms with Crippen LogP contribution in [0.5, 0.6) is 5.88 Å². The average molecular weight is 251 g/mol. The van der Waals surface area contributed by atoms with Crippen LogP contribution < -0.4 is 10.1 Å². The Bertz CT molecular complexity index is 436. The van der Waals surface area contributed by atoms with Gasteiger partial charge >= 0.3 is 0 Å². The van der Waals surface area contributed by atoms with Gasteiger partial charge in [-0.2, -0.15) is 9.37 Å². The van der Waals surface area contributed by atoms with Crippen LogP contribution in [0.25, 0.3) is 0 Å². The fourth-order valence-electron chi connectivity index (χ4n) is 1.42. The molecular formula is C13H18FN3O. The predicted molar refractivity (Wildman–Crippen MR) is 68.9 cm³/mol. The van der Waals surface area contributed by atoms with Gasteiger partial charge in [-0.05, 0) is 19.8 Å². The Morgan fingerprint density at radius 3 is 2.72 bits per heavy atom. The molecule has 0 atom stereocenters. The Morgan fingerprint density at radius 1 is 1.39 bits per heavy atom. The zero-order valence-corrected chi connectivity index (χ0v) is 11.0. The van der Waals surface area contributed by atoms with Crippen LogP contribution in [0.3, 0.4) is 0 Å². The van der Waals surface area contributed by atoms with Crippen LogP contribution >= 0.6 is 0 Å². The van der Waals surface area contributed by atoms with Gasteiger partial charge < -0.3 is 10.1 Å². The largest absolute Gasteiger partial charge is 0.462 e. The first kappa shape index (κ1) is 14.2. The molecular weight excluding hydrogens is 233 g/mol. The maximum atomic E-state index is 14.0. The minimum Gasteiger partial charge on any atom is -0.462 e. The summed E-state index contributed by atoms with van der Waals surface area (Å²) in [4.78, 5) is 7.64. The summed E-state index contributed by atoms with van der Waals surface area (Å²) >= 11 is 0. The van der Waals surface area contributed by atoms with Gasteiger partial charge in [0, 0.05) is 6.04 Å². The Labute approximate surface area is 107 Å². The van der Waals surface area contributed by atoms with E-state index >= 15 is 0 Å². The second kappa shape index (κ2) is 7.49. The first-order valence-electron chi connectivity index (χ1n) is 6.02. The lowest BCUT2D eigenvalue weighted by atomic mass is 10.2. The van der Waals surface area contributed by atoms with Gasteiger partial charge in [0.25, 0.3) is 5.88 Å². The standard InChI is InChI=1S/C13H18FN3O/c1-4-7-8-18-13-11(14)12(15-9-16-13)17-10(5-2)6-3/h9-10H,5-6,8H2,1-3H3,(H,15,16,17). The van der Waals surface area contributed by atoms with Crippen molar-refractivity contribution in [3.63, 3.8) is 0 Å². The van der Waals surface area contributed by atoms with E-state index in [9.17, 15) is 4.39 Å². The van der Waals surface area contributed by atoms with E-state index in [-0.39, 0.29) is 24.3 Å². The van der Waals surface area contributed by atoms with Crippen LogP contribution in [-0.4, -0.2) is 22.6 Å². The third kappa shape index (κ3) is 3.88. The molecule has 0 bridgehead atoms. The highest BCUT2D eigenvalue weighted by Crippen LogP contribution is 2.20. The number of hydrogen-bond acceptors (Lipinski definition) is 4. The number of anilines is 1. The van der Waals surface area contributed by atoms with Gasteiger partial charge in [-0.15, -0.1) is 5.92 Å². The summed E-state index contributed by atoms with van der Waals surface area (Å²) < 4.78 is 19.1. The van der Waals surface area contributed by atoms with Gasteiger partial charge in [0.05, 0.1) is 0 Å². The first-order chi connectivity index (χ1) is 8.72. The highest BCUT2D eigenvalue weighted by Gasteiger charge is 2.14. The number of rotatable bonds is 6. The van der Waals surface area contributed by atoms with E-state index in [1.165, 1.54) is 6.33 Å². The van der Waals surface area contributed by atoms with Crippen molar-refractivity contribution in [2.75, 3.05) is 11.9 Å². The van der Waals surface area contributed by atoms with Gasteiger partial charge in [-0.3, -0.25) is 0 Å². The molecule has 1 N–H and O–H groups in total. The maximum Gasteiger partial charge on any atom is 0.256 e. The number of aromatic nitrogens is 2. The van der Waals surface area contributed by atoms with E-state index in [1.807, 2.05) is 13.8 Å². The van der Waals surface area contributed by atoms with Crippen molar-refractivity contribution in [1.29, 1.82) is 0 Å². The van der Waals surface area contributed by atoms with Crippen LogP contribution in [0.1, 0.15) is 33.6 Å². The second-order valence-corrected chi connectivity index (χ2v) is 3.71. The quantitative estimate of drug-likeness (QED) is 0.789. The van der Waals surface area contributed by atoms with Crippen molar-refractivity contribution in [3.05, 3.63) is 12.1 Å². The third-order valence-corrected chi connectivity index (χ3v) is 2.54.